The highest BCUT2D eigenvalue weighted by Gasteiger charge is 2.51. The number of benzene rings is 2. The van der Waals surface area contributed by atoms with Crippen molar-refractivity contribution in [2.45, 2.75) is 150 Å². The Balaban J connectivity index is 0.000000175. The number of aromatic nitrogens is 2. The van der Waals surface area contributed by atoms with Gasteiger partial charge in [-0.2, -0.15) is 0 Å². The van der Waals surface area contributed by atoms with E-state index in [1.54, 1.807) is 26.6 Å². The zero-order valence-electron chi connectivity index (χ0n) is 38.2. The van der Waals surface area contributed by atoms with Gasteiger partial charge in [-0.3, -0.25) is 9.59 Å². The Morgan fingerprint density at radius 1 is 0.667 bits per heavy atom. The fraction of sp³-hybridized carbons (Fsp3) is 0.510. The molecule has 11 heteroatoms. The van der Waals surface area contributed by atoms with Crippen molar-refractivity contribution < 1.29 is 37.8 Å². The number of hydrogen-bond donors (Lipinski definition) is 0. The average Bonchev–Trinajstić information content (AvgIpc) is 3.90. The zero-order chi connectivity index (χ0) is 44.0. The molecule has 0 bridgehead atoms. The molecule has 0 unspecified atom stereocenters. The Bertz CT molecular complexity index is 2130. The Hall–Kier alpha value is -4.74. The molecule has 0 radical (unpaired) electrons. The van der Waals surface area contributed by atoms with Gasteiger partial charge in [0.1, 0.15) is 11.2 Å². The van der Waals surface area contributed by atoms with E-state index in [9.17, 15) is 9.59 Å². The van der Waals surface area contributed by atoms with E-state index in [1.807, 2.05) is 93.5 Å². The molecule has 10 nitrogen and oxygen atoms in total. The monoisotopic (exact) mass is 820 g/mol. The summed E-state index contributed by atoms with van der Waals surface area (Å²) in [7, 11) is 2.84. The number of carbonyl (C=O) groups excluding carboxylic acids is 2. The van der Waals surface area contributed by atoms with Crippen LogP contribution >= 0.6 is 0 Å². The first-order chi connectivity index (χ1) is 28.1. The van der Waals surface area contributed by atoms with Gasteiger partial charge >= 0.3 is 19.1 Å². The summed E-state index contributed by atoms with van der Waals surface area (Å²) in [6, 6.07) is 16.2. The Morgan fingerprint density at radius 2 is 1.15 bits per heavy atom. The van der Waals surface area contributed by atoms with E-state index in [0.29, 0.717) is 24.6 Å². The van der Waals surface area contributed by atoms with Crippen molar-refractivity contribution in [3.8, 4) is 22.9 Å². The third-order valence-corrected chi connectivity index (χ3v) is 11.3. The van der Waals surface area contributed by atoms with Gasteiger partial charge in [-0.25, -0.2) is 9.97 Å². The maximum absolute atomic E-state index is 12.5. The van der Waals surface area contributed by atoms with Crippen molar-refractivity contribution in [3.63, 3.8) is 0 Å². The molecular weight excluding hydrogens is 755 g/mol. The predicted molar refractivity (Wildman–Crippen MR) is 237 cm³/mol. The summed E-state index contributed by atoms with van der Waals surface area (Å²) < 4.78 is 33.2. The molecular formula is C49H65BN2O8. The van der Waals surface area contributed by atoms with Crippen LogP contribution in [0.2, 0.25) is 0 Å². The lowest BCUT2D eigenvalue weighted by Gasteiger charge is -2.32. The standard InChI is InChI=1S/C21H25NO3.C16H22O2.C12H18BNO3/c1-21(2,3)25-20(23)13-18-16-7-5-6-14(16)8-9-17(18)15-10-11-22-19(12-15)24-4;1-11-8-9-12-6-5-7-13(12)14(11)10-15(17)18-16(2,3)4;1-11(2)12(3,4)17-13(16-11)9-6-7-14-10(8-9)15-5/h8-12H,5-7,13H2,1-4H3;8-9H,5-7,10H2,1-4H3;6-8H,1-5H3. The molecule has 0 atom stereocenters. The highest BCUT2D eigenvalue weighted by atomic mass is 16.7. The number of rotatable bonds is 8. The topological polar surface area (TPSA) is 115 Å². The first kappa shape index (κ1) is 46.3. The van der Waals surface area contributed by atoms with Crippen molar-refractivity contribution in [1.82, 2.24) is 9.97 Å². The van der Waals surface area contributed by atoms with Crippen molar-refractivity contribution >= 4 is 24.5 Å². The summed E-state index contributed by atoms with van der Waals surface area (Å²) >= 11 is 0. The van der Waals surface area contributed by atoms with Gasteiger partial charge in [0.15, 0.2) is 0 Å². The summed E-state index contributed by atoms with van der Waals surface area (Å²) in [5, 5.41) is 0. The molecule has 0 spiro atoms. The molecule has 1 saturated heterocycles. The number of ether oxygens (including phenoxy) is 4. The first-order valence-electron chi connectivity index (χ1n) is 21.1. The molecule has 0 N–H and O–H groups in total. The van der Waals surface area contributed by atoms with E-state index >= 15 is 0 Å². The molecule has 3 heterocycles. The largest absolute Gasteiger partial charge is 0.495 e. The average molecular weight is 821 g/mol. The summed E-state index contributed by atoms with van der Waals surface area (Å²) in [6.07, 6.45) is 10.8. The van der Waals surface area contributed by atoms with Crippen LogP contribution in [0.3, 0.4) is 0 Å². The minimum Gasteiger partial charge on any atom is -0.481 e. The summed E-state index contributed by atoms with van der Waals surface area (Å²) in [5.74, 6) is 0.833. The van der Waals surface area contributed by atoms with Gasteiger partial charge in [0.05, 0.1) is 38.3 Å². The fourth-order valence-corrected chi connectivity index (χ4v) is 7.72. The molecule has 60 heavy (non-hydrogen) atoms. The van der Waals surface area contributed by atoms with Crippen LogP contribution < -0.4 is 14.9 Å². The van der Waals surface area contributed by atoms with E-state index in [0.717, 1.165) is 54.3 Å². The molecule has 1 fully saturated rings. The van der Waals surface area contributed by atoms with Crippen LogP contribution in [-0.2, 0) is 66.9 Å². The minimum absolute atomic E-state index is 0.120. The van der Waals surface area contributed by atoms with Crippen LogP contribution in [0.5, 0.6) is 11.8 Å². The highest BCUT2D eigenvalue weighted by molar-refractivity contribution is 6.62. The van der Waals surface area contributed by atoms with Crippen LogP contribution in [0.4, 0.5) is 0 Å². The van der Waals surface area contributed by atoms with Crippen LogP contribution in [0, 0.1) is 6.92 Å². The van der Waals surface area contributed by atoms with Gasteiger partial charge in [0.2, 0.25) is 11.8 Å². The van der Waals surface area contributed by atoms with Crippen LogP contribution in [0.25, 0.3) is 11.1 Å². The van der Waals surface area contributed by atoms with Gasteiger partial charge < -0.3 is 28.3 Å². The number of methoxy groups -OCH3 is 2. The number of hydrogen-bond acceptors (Lipinski definition) is 10. The van der Waals surface area contributed by atoms with Gasteiger partial charge in [-0.15, -0.1) is 0 Å². The quantitative estimate of drug-likeness (QED) is 0.126. The zero-order valence-corrected chi connectivity index (χ0v) is 38.2. The van der Waals surface area contributed by atoms with Crippen molar-refractivity contribution in [2.75, 3.05) is 14.2 Å². The minimum atomic E-state index is -0.477. The molecule has 1 aliphatic heterocycles. The van der Waals surface area contributed by atoms with Crippen molar-refractivity contribution in [2.24, 2.45) is 0 Å². The van der Waals surface area contributed by atoms with Crippen molar-refractivity contribution in [1.29, 1.82) is 0 Å². The SMILES string of the molecule is COc1cc(-c2ccc3c(c2CC(=O)OC(C)(C)C)CCC3)ccn1.COc1cc(B2OC(C)(C)C(C)(C)O2)ccn1.Cc1ccc2c(c1CC(=O)OC(C)(C)C)CCC2. The van der Waals surface area contributed by atoms with E-state index < -0.39 is 11.2 Å². The van der Waals surface area contributed by atoms with E-state index in [4.69, 9.17) is 28.3 Å². The maximum Gasteiger partial charge on any atom is 0.495 e. The van der Waals surface area contributed by atoms with E-state index in [1.165, 1.54) is 39.8 Å². The third kappa shape index (κ3) is 12.0. The Kier molecular flexibility index (Phi) is 14.6. The second-order valence-corrected chi connectivity index (χ2v) is 18.8. The summed E-state index contributed by atoms with van der Waals surface area (Å²) in [5.41, 5.74) is 10.4. The van der Waals surface area contributed by atoms with Gasteiger partial charge in [-0.05, 0) is 182 Å². The van der Waals surface area contributed by atoms with Crippen LogP contribution in [0.15, 0.2) is 60.9 Å². The van der Waals surface area contributed by atoms with Gasteiger partial charge in [-0.1, -0.05) is 24.3 Å². The van der Waals surface area contributed by atoms with E-state index in [2.05, 4.69) is 41.2 Å². The molecule has 0 saturated carbocycles. The second kappa shape index (κ2) is 18.9. The number of aryl methyl sites for hydroxylation is 3. The molecule has 3 aliphatic rings. The summed E-state index contributed by atoms with van der Waals surface area (Å²) in [4.78, 5) is 32.7. The number of esters is 2. The molecule has 2 aliphatic carbocycles. The lowest BCUT2D eigenvalue weighted by molar-refractivity contribution is -0.155. The van der Waals surface area contributed by atoms with Gasteiger partial charge in [0.25, 0.3) is 0 Å². The number of carbonyl (C=O) groups is 2. The first-order valence-corrected chi connectivity index (χ1v) is 21.1. The molecule has 322 valence electrons. The van der Waals surface area contributed by atoms with Gasteiger partial charge in [0, 0.05) is 24.5 Å². The third-order valence-electron chi connectivity index (χ3n) is 11.3. The molecule has 0 amide bonds. The summed E-state index contributed by atoms with van der Waals surface area (Å²) in [6.45, 7) is 21.6. The lowest BCUT2D eigenvalue weighted by Crippen LogP contribution is -2.41. The molecule has 2 aromatic carbocycles. The fourth-order valence-electron chi connectivity index (χ4n) is 7.72. The second-order valence-electron chi connectivity index (χ2n) is 18.8. The number of nitrogens with zero attached hydrogens (tertiary/aromatic N) is 2. The maximum atomic E-state index is 12.5. The normalized spacial score (nSPS) is 16.1. The Morgan fingerprint density at radius 3 is 1.68 bits per heavy atom. The Labute approximate surface area is 358 Å². The van der Waals surface area contributed by atoms with Crippen LogP contribution in [-0.4, -0.2) is 65.6 Å². The molecule has 4 aromatic rings. The highest BCUT2D eigenvalue weighted by Crippen LogP contribution is 2.37. The lowest BCUT2D eigenvalue weighted by atomic mass is 9.80. The molecule has 7 rings (SSSR count). The van der Waals surface area contributed by atoms with Crippen molar-refractivity contribution in [3.05, 3.63) is 99.9 Å². The smallest absolute Gasteiger partial charge is 0.481 e. The number of pyridine rings is 2. The number of fused-ring (bicyclic) bond motifs is 2. The van der Waals surface area contributed by atoms with E-state index in [-0.39, 0.29) is 30.3 Å². The van der Waals surface area contributed by atoms with Crippen LogP contribution in [0.1, 0.15) is 121 Å². The predicted octanol–water partition coefficient (Wildman–Crippen LogP) is 8.89. The molecule has 2 aromatic heterocycles.